The summed E-state index contributed by atoms with van der Waals surface area (Å²) in [5.74, 6) is 0. The molecule has 0 aliphatic heterocycles. The number of aromatic nitrogens is 2. The van der Waals surface area contributed by atoms with Crippen LogP contribution in [-0.4, -0.2) is 16.3 Å². The molecule has 1 N–H and O–H groups in total. The van der Waals surface area contributed by atoms with Gasteiger partial charge in [-0.3, -0.25) is 9.78 Å². The normalized spacial score (nSPS) is 10.1. The number of nitrogens with one attached hydrogen (secondary N) is 1. The maximum atomic E-state index is 10.7. The van der Waals surface area contributed by atoms with Crippen LogP contribution in [-0.2, 0) is 0 Å². The van der Waals surface area contributed by atoms with Crippen molar-refractivity contribution in [3.8, 4) is 11.3 Å². The first-order valence-corrected chi connectivity index (χ1v) is 4.38. The Bertz CT molecular complexity index is 460. The molecule has 70 valence electrons. The van der Waals surface area contributed by atoms with E-state index in [9.17, 15) is 4.79 Å². The molecule has 0 saturated heterocycles. The predicted molar refractivity (Wildman–Crippen MR) is 54.1 cm³/mol. The van der Waals surface area contributed by atoms with Gasteiger partial charge in [-0.05, 0) is 25.1 Å². The molecule has 0 radical (unpaired) electrons. The number of pyridine rings is 1. The number of hydrogen-bond donors (Lipinski definition) is 1. The van der Waals surface area contributed by atoms with Gasteiger partial charge in [-0.2, -0.15) is 0 Å². The quantitative estimate of drug-likeness (QED) is 0.731. The highest BCUT2D eigenvalue weighted by molar-refractivity contribution is 5.84. The molecule has 2 rings (SSSR count). The Kier molecular flexibility index (Phi) is 2.14. The largest absolute Gasteiger partial charge is 0.358 e. The number of aryl methyl sites for hydroxylation is 1. The number of nitrogens with zero attached hydrogens (tertiary/aromatic N) is 1. The third-order valence-electron chi connectivity index (χ3n) is 2.06. The molecule has 0 bridgehead atoms. The van der Waals surface area contributed by atoms with E-state index in [-0.39, 0.29) is 0 Å². The topological polar surface area (TPSA) is 45.8 Å². The van der Waals surface area contributed by atoms with Crippen molar-refractivity contribution in [2.45, 2.75) is 6.92 Å². The zero-order chi connectivity index (χ0) is 9.97. The van der Waals surface area contributed by atoms with Crippen LogP contribution in [0.2, 0.25) is 0 Å². The van der Waals surface area contributed by atoms with Crippen molar-refractivity contribution >= 4 is 6.29 Å². The zero-order valence-corrected chi connectivity index (χ0v) is 7.82. The molecular weight excluding hydrogens is 176 g/mol. The van der Waals surface area contributed by atoms with Crippen LogP contribution in [0.3, 0.4) is 0 Å². The molecule has 0 saturated carbocycles. The first-order valence-electron chi connectivity index (χ1n) is 4.38. The number of aromatic amines is 1. The average molecular weight is 186 g/mol. The number of hydrogen-bond acceptors (Lipinski definition) is 2. The van der Waals surface area contributed by atoms with Crippen LogP contribution in [0.1, 0.15) is 16.2 Å². The third kappa shape index (κ3) is 1.44. The molecule has 0 aliphatic rings. The Morgan fingerprint density at radius 3 is 2.93 bits per heavy atom. The standard InChI is InChI=1S/C11H10N2O/c1-8-3-2-4-10(13-8)9-5-6-12-11(9)7-14/h2-7,12H,1H3. The van der Waals surface area contributed by atoms with E-state index in [4.69, 9.17) is 0 Å². The van der Waals surface area contributed by atoms with Gasteiger partial charge in [0.25, 0.3) is 0 Å². The fourth-order valence-corrected chi connectivity index (χ4v) is 1.40. The molecule has 0 aliphatic carbocycles. The number of rotatable bonds is 2. The van der Waals surface area contributed by atoms with Gasteiger partial charge in [-0.1, -0.05) is 6.07 Å². The SMILES string of the molecule is Cc1cccc(-c2cc[nH]c2C=O)n1. The Balaban J connectivity index is 2.54. The Hall–Kier alpha value is -1.90. The maximum absolute atomic E-state index is 10.7. The lowest BCUT2D eigenvalue weighted by Gasteiger charge is -1.99. The van der Waals surface area contributed by atoms with Crippen LogP contribution in [0.15, 0.2) is 30.5 Å². The van der Waals surface area contributed by atoms with Gasteiger partial charge in [0.1, 0.15) is 0 Å². The molecular formula is C11H10N2O. The van der Waals surface area contributed by atoms with Crippen molar-refractivity contribution in [2.75, 3.05) is 0 Å². The lowest BCUT2D eigenvalue weighted by molar-refractivity contribution is 0.112. The van der Waals surface area contributed by atoms with Crippen LogP contribution in [0, 0.1) is 6.92 Å². The number of aldehydes is 1. The molecule has 14 heavy (non-hydrogen) atoms. The van der Waals surface area contributed by atoms with Gasteiger partial charge >= 0.3 is 0 Å². The lowest BCUT2D eigenvalue weighted by atomic mass is 10.1. The predicted octanol–water partition coefficient (Wildman–Crippen LogP) is 2.20. The minimum absolute atomic E-state index is 0.572. The first-order chi connectivity index (χ1) is 6.81. The lowest BCUT2D eigenvalue weighted by Crippen LogP contribution is -1.88. The summed E-state index contributed by atoms with van der Waals surface area (Å²) in [6, 6.07) is 7.60. The van der Waals surface area contributed by atoms with E-state index in [1.54, 1.807) is 6.20 Å². The molecule has 3 nitrogen and oxygen atoms in total. The molecule has 0 unspecified atom stereocenters. The van der Waals surface area contributed by atoms with Crippen LogP contribution < -0.4 is 0 Å². The summed E-state index contributed by atoms with van der Waals surface area (Å²) in [6.45, 7) is 1.93. The summed E-state index contributed by atoms with van der Waals surface area (Å²) in [6.07, 6.45) is 2.54. The van der Waals surface area contributed by atoms with Crippen molar-refractivity contribution in [3.63, 3.8) is 0 Å². The van der Waals surface area contributed by atoms with Crippen molar-refractivity contribution in [1.29, 1.82) is 0 Å². The van der Waals surface area contributed by atoms with E-state index >= 15 is 0 Å². The fraction of sp³-hybridized carbons (Fsp3) is 0.0909. The van der Waals surface area contributed by atoms with Crippen molar-refractivity contribution in [1.82, 2.24) is 9.97 Å². The van der Waals surface area contributed by atoms with E-state index in [2.05, 4.69) is 9.97 Å². The second kappa shape index (κ2) is 3.46. The van der Waals surface area contributed by atoms with Gasteiger partial charge in [0.2, 0.25) is 0 Å². The third-order valence-corrected chi connectivity index (χ3v) is 2.06. The minimum Gasteiger partial charge on any atom is -0.358 e. The van der Waals surface area contributed by atoms with Crippen molar-refractivity contribution < 1.29 is 4.79 Å². The van der Waals surface area contributed by atoms with Crippen LogP contribution in [0.5, 0.6) is 0 Å². The van der Waals surface area contributed by atoms with E-state index in [0.717, 1.165) is 23.2 Å². The Morgan fingerprint density at radius 1 is 1.36 bits per heavy atom. The fourth-order valence-electron chi connectivity index (χ4n) is 1.40. The molecule has 0 amide bonds. The molecule has 0 aromatic carbocycles. The van der Waals surface area contributed by atoms with Gasteiger partial charge in [0.05, 0.1) is 11.4 Å². The molecule has 2 aromatic heterocycles. The summed E-state index contributed by atoms with van der Waals surface area (Å²) in [5, 5.41) is 0. The average Bonchev–Trinajstić information content (AvgIpc) is 2.65. The molecule has 0 spiro atoms. The Morgan fingerprint density at radius 2 is 2.21 bits per heavy atom. The first kappa shape index (κ1) is 8.69. The molecule has 0 fully saturated rings. The maximum Gasteiger partial charge on any atom is 0.166 e. The summed E-state index contributed by atoms with van der Waals surface area (Å²) in [5.41, 5.74) is 3.20. The summed E-state index contributed by atoms with van der Waals surface area (Å²) in [4.78, 5) is 17.9. The smallest absolute Gasteiger partial charge is 0.166 e. The number of H-pyrrole nitrogens is 1. The second-order valence-corrected chi connectivity index (χ2v) is 3.09. The molecule has 2 aromatic rings. The zero-order valence-electron chi connectivity index (χ0n) is 7.82. The second-order valence-electron chi connectivity index (χ2n) is 3.09. The minimum atomic E-state index is 0.572. The highest BCUT2D eigenvalue weighted by Crippen LogP contribution is 2.19. The summed E-state index contributed by atoms with van der Waals surface area (Å²) in [7, 11) is 0. The van der Waals surface area contributed by atoms with Gasteiger partial charge in [-0.25, -0.2) is 0 Å². The monoisotopic (exact) mass is 186 g/mol. The van der Waals surface area contributed by atoms with E-state index in [1.807, 2.05) is 31.2 Å². The van der Waals surface area contributed by atoms with Crippen LogP contribution >= 0.6 is 0 Å². The van der Waals surface area contributed by atoms with E-state index in [1.165, 1.54) is 0 Å². The molecule has 3 heteroatoms. The van der Waals surface area contributed by atoms with E-state index in [0.29, 0.717) is 5.69 Å². The molecule has 2 heterocycles. The Labute approximate surface area is 81.8 Å². The summed E-state index contributed by atoms with van der Waals surface area (Å²) >= 11 is 0. The van der Waals surface area contributed by atoms with Gasteiger partial charge < -0.3 is 4.98 Å². The molecule has 0 atom stereocenters. The van der Waals surface area contributed by atoms with Crippen LogP contribution in [0.25, 0.3) is 11.3 Å². The highest BCUT2D eigenvalue weighted by atomic mass is 16.1. The summed E-state index contributed by atoms with van der Waals surface area (Å²) < 4.78 is 0. The highest BCUT2D eigenvalue weighted by Gasteiger charge is 2.05. The van der Waals surface area contributed by atoms with E-state index < -0.39 is 0 Å². The number of carbonyl (C=O) groups excluding carboxylic acids is 1. The van der Waals surface area contributed by atoms with Crippen LogP contribution in [0.4, 0.5) is 0 Å². The van der Waals surface area contributed by atoms with Gasteiger partial charge in [0, 0.05) is 17.5 Å². The van der Waals surface area contributed by atoms with Crippen molar-refractivity contribution in [2.24, 2.45) is 0 Å². The van der Waals surface area contributed by atoms with Gasteiger partial charge in [0.15, 0.2) is 6.29 Å². The van der Waals surface area contributed by atoms with Crippen molar-refractivity contribution in [3.05, 3.63) is 41.9 Å². The number of carbonyl (C=O) groups is 1. The van der Waals surface area contributed by atoms with Gasteiger partial charge in [-0.15, -0.1) is 0 Å².